The minimum absolute atomic E-state index is 0.00833. The van der Waals surface area contributed by atoms with Crippen molar-refractivity contribution in [3.8, 4) is 5.75 Å². The molecule has 1 atom stereocenters. The van der Waals surface area contributed by atoms with Crippen LogP contribution in [-0.2, 0) is 4.79 Å². The first-order chi connectivity index (χ1) is 14.3. The standard InChI is InChI=1S/C25H24N2O3/c1-15-10-11-17-19(13-25(2,3)30-21(17)12-15)26-22(28)14-27-20-9-5-7-16-6-4-8-18(23(16)20)24(27)29/h4-12,19H,13-14H2,1-3H3,(H,26,28). The van der Waals surface area contributed by atoms with Gasteiger partial charge in [-0.05, 0) is 49.9 Å². The van der Waals surface area contributed by atoms with E-state index >= 15 is 0 Å². The normalized spacial score (nSPS) is 18.8. The van der Waals surface area contributed by atoms with Gasteiger partial charge in [-0.1, -0.05) is 36.4 Å². The zero-order valence-electron chi connectivity index (χ0n) is 17.4. The number of fused-ring (bicyclic) bond motifs is 1. The number of anilines is 1. The summed E-state index contributed by atoms with van der Waals surface area (Å²) in [6.45, 7) is 6.07. The van der Waals surface area contributed by atoms with E-state index in [2.05, 4.69) is 5.32 Å². The highest BCUT2D eigenvalue weighted by Crippen LogP contribution is 2.40. The first-order valence-electron chi connectivity index (χ1n) is 10.2. The molecule has 5 nitrogen and oxygen atoms in total. The largest absolute Gasteiger partial charge is 0.487 e. The number of carbonyl (C=O) groups is 2. The number of amides is 2. The third kappa shape index (κ3) is 3.02. The van der Waals surface area contributed by atoms with Crippen molar-refractivity contribution in [1.82, 2.24) is 5.32 Å². The molecule has 1 unspecified atom stereocenters. The average molecular weight is 400 g/mol. The Morgan fingerprint density at radius 3 is 2.73 bits per heavy atom. The second-order valence-electron chi connectivity index (χ2n) is 8.80. The molecule has 2 aliphatic rings. The fourth-order valence-corrected chi connectivity index (χ4v) is 4.61. The number of ether oxygens (including phenoxy) is 1. The molecule has 2 amide bonds. The van der Waals surface area contributed by atoms with Gasteiger partial charge in [-0.25, -0.2) is 0 Å². The van der Waals surface area contributed by atoms with E-state index in [-0.39, 0.29) is 30.0 Å². The highest BCUT2D eigenvalue weighted by Gasteiger charge is 2.36. The molecule has 1 N–H and O–H groups in total. The van der Waals surface area contributed by atoms with Gasteiger partial charge >= 0.3 is 0 Å². The maximum Gasteiger partial charge on any atom is 0.259 e. The van der Waals surface area contributed by atoms with Crippen LogP contribution in [0.2, 0.25) is 0 Å². The highest BCUT2D eigenvalue weighted by atomic mass is 16.5. The molecule has 0 aromatic heterocycles. The van der Waals surface area contributed by atoms with Crippen LogP contribution in [0.4, 0.5) is 5.69 Å². The van der Waals surface area contributed by atoms with Crippen LogP contribution >= 0.6 is 0 Å². The van der Waals surface area contributed by atoms with E-state index < -0.39 is 0 Å². The van der Waals surface area contributed by atoms with Crippen LogP contribution in [0.1, 0.15) is 47.8 Å². The summed E-state index contributed by atoms with van der Waals surface area (Å²) in [4.78, 5) is 27.6. The lowest BCUT2D eigenvalue weighted by atomic mass is 9.89. The van der Waals surface area contributed by atoms with Crippen molar-refractivity contribution in [2.24, 2.45) is 0 Å². The van der Waals surface area contributed by atoms with Crippen molar-refractivity contribution >= 4 is 28.3 Å². The summed E-state index contributed by atoms with van der Waals surface area (Å²) in [5, 5.41) is 5.08. The van der Waals surface area contributed by atoms with Crippen molar-refractivity contribution in [3.05, 3.63) is 71.3 Å². The van der Waals surface area contributed by atoms with Gasteiger partial charge in [0, 0.05) is 22.9 Å². The maximum atomic E-state index is 13.0. The molecule has 30 heavy (non-hydrogen) atoms. The Kier molecular flexibility index (Phi) is 4.10. The van der Waals surface area contributed by atoms with Crippen molar-refractivity contribution in [2.45, 2.75) is 38.8 Å². The van der Waals surface area contributed by atoms with Crippen LogP contribution in [0.3, 0.4) is 0 Å². The Morgan fingerprint density at radius 1 is 1.17 bits per heavy atom. The number of benzene rings is 3. The molecule has 3 aromatic rings. The van der Waals surface area contributed by atoms with Gasteiger partial charge in [0.2, 0.25) is 5.91 Å². The smallest absolute Gasteiger partial charge is 0.259 e. The molecule has 0 fully saturated rings. The van der Waals surface area contributed by atoms with Gasteiger partial charge in [0.25, 0.3) is 5.91 Å². The van der Waals surface area contributed by atoms with Crippen LogP contribution in [-0.4, -0.2) is 24.0 Å². The van der Waals surface area contributed by atoms with Crippen molar-refractivity contribution < 1.29 is 14.3 Å². The van der Waals surface area contributed by atoms with Crippen molar-refractivity contribution in [3.63, 3.8) is 0 Å². The van der Waals surface area contributed by atoms with E-state index in [0.717, 1.165) is 33.3 Å². The fourth-order valence-electron chi connectivity index (χ4n) is 4.61. The molecule has 0 radical (unpaired) electrons. The molecular formula is C25H24N2O3. The number of rotatable bonds is 3. The zero-order chi connectivity index (χ0) is 21.0. The van der Waals surface area contributed by atoms with Crippen molar-refractivity contribution in [2.75, 3.05) is 11.4 Å². The summed E-state index contributed by atoms with van der Waals surface area (Å²) < 4.78 is 6.13. The van der Waals surface area contributed by atoms with E-state index in [4.69, 9.17) is 4.74 Å². The predicted molar refractivity (Wildman–Crippen MR) is 117 cm³/mol. The molecule has 152 valence electrons. The molecule has 0 bridgehead atoms. The Labute approximate surface area is 175 Å². The van der Waals surface area contributed by atoms with E-state index in [0.29, 0.717) is 12.0 Å². The molecule has 2 heterocycles. The fraction of sp³-hybridized carbons (Fsp3) is 0.280. The van der Waals surface area contributed by atoms with Gasteiger partial charge in [0.1, 0.15) is 17.9 Å². The van der Waals surface area contributed by atoms with Crippen LogP contribution in [0.5, 0.6) is 5.75 Å². The monoisotopic (exact) mass is 400 g/mol. The highest BCUT2D eigenvalue weighted by molar-refractivity contribution is 6.26. The van der Waals surface area contributed by atoms with E-state index in [9.17, 15) is 9.59 Å². The second kappa shape index (κ2) is 6.59. The number of hydrogen-bond acceptors (Lipinski definition) is 3. The minimum Gasteiger partial charge on any atom is -0.487 e. The van der Waals surface area contributed by atoms with Gasteiger partial charge in [-0.3, -0.25) is 14.5 Å². The Hall–Kier alpha value is -3.34. The molecule has 5 rings (SSSR count). The van der Waals surface area contributed by atoms with Gasteiger partial charge in [0.05, 0.1) is 11.7 Å². The number of nitrogens with zero attached hydrogens (tertiary/aromatic N) is 1. The van der Waals surface area contributed by atoms with Gasteiger partial charge < -0.3 is 10.1 Å². The van der Waals surface area contributed by atoms with Gasteiger partial charge in [-0.2, -0.15) is 0 Å². The van der Waals surface area contributed by atoms with Crippen LogP contribution in [0, 0.1) is 6.92 Å². The SMILES string of the molecule is Cc1ccc2c(c1)OC(C)(C)CC2NC(=O)CN1C(=O)c2cccc3cccc1c23. The quantitative estimate of drug-likeness (QED) is 0.703. The lowest BCUT2D eigenvalue weighted by Gasteiger charge is -2.38. The molecule has 5 heteroatoms. The van der Waals surface area contributed by atoms with Crippen molar-refractivity contribution in [1.29, 1.82) is 0 Å². The number of aryl methyl sites for hydroxylation is 1. The number of hydrogen-bond donors (Lipinski definition) is 1. The summed E-state index contributed by atoms with van der Waals surface area (Å²) in [6.07, 6.45) is 0.665. The third-order valence-electron chi connectivity index (χ3n) is 5.91. The molecule has 0 aliphatic carbocycles. The van der Waals surface area contributed by atoms with Gasteiger partial charge in [-0.15, -0.1) is 0 Å². The van der Waals surface area contributed by atoms with E-state index in [1.54, 1.807) is 4.90 Å². The summed E-state index contributed by atoms with van der Waals surface area (Å²) in [6, 6.07) is 17.4. The first kappa shape index (κ1) is 18.7. The molecule has 0 spiro atoms. The zero-order valence-corrected chi connectivity index (χ0v) is 17.4. The topological polar surface area (TPSA) is 58.6 Å². The minimum atomic E-state index is -0.385. The van der Waals surface area contributed by atoms with Crippen LogP contribution < -0.4 is 15.0 Å². The summed E-state index contributed by atoms with van der Waals surface area (Å²) in [7, 11) is 0. The van der Waals surface area contributed by atoms with E-state index in [1.165, 1.54) is 0 Å². The van der Waals surface area contributed by atoms with E-state index in [1.807, 2.05) is 75.4 Å². The van der Waals surface area contributed by atoms with Gasteiger partial charge in [0.15, 0.2) is 0 Å². The average Bonchev–Trinajstić information content (AvgIpc) is 2.95. The molecule has 0 saturated heterocycles. The Morgan fingerprint density at radius 2 is 1.93 bits per heavy atom. The summed E-state index contributed by atoms with van der Waals surface area (Å²) >= 11 is 0. The Balaban J connectivity index is 1.40. The molecule has 2 aliphatic heterocycles. The lowest BCUT2D eigenvalue weighted by molar-refractivity contribution is -0.121. The predicted octanol–water partition coefficient (Wildman–Crippen LogP) is 4.53. The summed E-state index contributed by atoms with van der Waals surface area (Å²) in [5.74, 6) is 0.508. The third-order valence-corrected chi connectivity index (χ3v) is 5.91. The maximum absolute atomic E-state index is 13.0. The molecule has 0 saturated carbocycles. The molecular weight excluding hydrogens is 376 g/mol. The number of carbonyl (C=O) groups excluding carboxylic acids is 2. The lowest BCUT2D eigenvalue weighted by Crippen LogP contribution is -2.45. The first-order valence-corrected chi connectivity index (χ1v) is 10.2. The Bertz CT molecular complexity index is 1190. The van der Waals surface area contributed by atoms with Crippen LogP contribution in [0.15, 0.2) is 54.6 Å². The van der Waals surface area contributed by atoms with Crippen LogP contribution in [0.25, 0.3) is 10.8 Å². The molecule has 3 aromatic carbocycles. The summed E-state index contributed by atoms with van der Waals surface area (Å²) in [5.41, 5.74) is 3.16. The number of nitrogens with one attached hydrogen (secondary N) is 1. The second-order valence-corrected chi connectivity index (χ2v) is 8.80.